The third kappa shape index (κ3) is 3.55. The molecule has 1 aromatic carbocycles. The molecule has 0 radical (unpaired) electrons. The van der Waals surface area contributed by atoms with Crippen molar-refractivity contribution in [2.75, 3.05) is 0 Å². The highest BCUT2D eigenvalue weighted by atomic mass is 19.4. The monoisotopic (exact) mass is 330 g/mol. The highest BCUT2D eigenvalue weighted by molar-refractivity contribution is 5.86. The number of nitrogens with zero attached hydrogens (tertiary/aromatic N) is 1. The lowest BCUT2D eigenvalue weighted by Gasteiger charge is -2.26. The van der Waals surface area contributed by atoms with Crippen LogP contribution in [0.15, 0.2) is 29.4 Å². The first kappa shape index (κ1) is 17.9. The van der Waals surface area contributed by atoms with Crippen molar-refractivity contribution in [3.8, 4) is 0 Å². The van der Waals surface area contributed by atoms with E-state index in [0.717, 1.165) is 17.2 Å². The van der Waals surface area contributed by atoms with E-state index in [1.807, 2.05) is 0 Å². The number of hydrogen-bond acceptors (Lipinski definition) is 2. The normalized spacial score (nSPS) is 13.5. The van der Waals surface area contributed by atoms with Gasteiger partial charge >= 0.3 is 23.9 Å². The summed E-state index contributed by atoms with van der Waals surface area (Å²) in [5.74, 6) is -15.4. The van der Waals surface area contributed by atoms with E-state index in [4.69, 9.17) is 0 Å². The third-order valence-electron chi connectivity index (χ3n) is 2.49. The quantitative estimate of drug-likeness (QED) is 0.514. The fraction of sp³-hybridized carbons (Fsp3) is 0.333. The summed E-state index contributed by atoms with van der Waals surface area (Å²) in [7, 11) is 0. The largest absolute Gasteiger partial charge is 0.460 e. The van der Waals surface area contributed by atoms with Crippen LogP contribution in [0.25, 0.3) is 0 Å². The molecular formula is C12H9F7N2O. The second kappa shape index (κ2) is 5.93. The molecule has 22 heavy (non-hydrogen) atoms. The lowest BCUT2D eigenvalue weighted by atomic mass is 10.1. The molecule has 0 spiro atoms. The van der Waals surface area contributed by atoms with Gasteiger partial charge in [0.15, 0.2) is 0 Å². The molecule has 0 fully saturated rings. The number of carbonyl (C=O) groups excluding carboxylic acids is 1. The van der Waals surface area contributed by atoms with Crippen LogP contribution in [0.3, 0.4) is 0 Å². The fourth-order valence-electron chi connectivity index (χ4n) is 1.21. The van der Waals surface area contributed by atoms with Crippen molar-refractivity contribution in [2.45, 2.75) is 24.9 Å². The lowest BCUT2D eigenvalue weighted by molar-refractivity contribution is -0.344. The van der Waals surface area contributed by atoms with E-state index in [2.05, 4.69) is 5.10 Å². The van der Waals surface area contributed by atoms with E-state index in [0.29, 0.717) is 5.56 Å². The standard InChI is InChI=1S/C12H9F7N2O/c1-7-2-4-8(5-3-7)6-20-21-9(22)10(13,14)11(15,16)12(17,18)19/h2-6H,1H3,(H,21,22)/b20-6-. The summed E-state index contributed by atoms with van der Waals surface area (Å²) in [6.07, 6.45) is -5.76. The molecule has 0 saturated heterocycles. The number of benzene rings is 1. The Morgan fingerprint density at radius 1 is 1.05 bits per heavy atom. The smallest absolute Gasteiger partial charge is 0.266 e. The first-order valence-corrected chi connectivity index (χ1v) is 5.62. The second-order valence-corrected chi connectivity index (χ2v) is 4.26. The Morgan fingerprint density at radius 2 is 1.55 bits per heavy atom. The molecule has 1 amide bonds. The first-order valence-electron chi connectivity index (χ1n) is 5.62. The Morgan fingerprint density at radius 3 is 2.00 bits per heavy atom. The summed E-state index contributed by atoms with van der Waals surface area (Å²) < 4.78 is 86.6. The van der Waals surface area contributed by atoms with Crippen LogP contribution in [-0.2, 0) is 4.79 Å². The molecule has 0 bridgehead atoms. The molecule has 0 unspecified atom stereocenters. The van der Waals surface area contributed by atoms with Gasteiger partial charge in [-0.3, -0.25) is 4.79 Å². The number of amides is 1. The topological polar surface area (TPSA) is 41.5 Å². The number of aryl methyl sites for hydroxylation is 1. The number of carbonyl (C=O) groups is 1. The van der Waals surface area contributed by atoms with Crippen molar-refractivity contribution in [2.24, 2.45) is 5.10 Å². The van der Waals surface area contributed by atoms with Crippen LogP contribution in [0.5, 0.6) is 0 Å². The van der Waals surface area contributed by atoms with Gasteiger partial charge in [-0.05, 0) is 12.5 Å². The highest BCUT2D eigenvalue weighted by Gasteiger charge is 2.76. The molecule has 122 valence electrons. The number of rotatable bonds is 4. The number of halogens is 7. The van der Waals surface area contributed by atoms with Crippen LogP contribution in [-0.4, -0.2) is 30.1 Å². The Labute approximate surface area is 119 Å². The maximum Gasteiger partial charge on any atom is 0.460 e. The minimum absolute atomic E-state index is 0.316. The van der Waals surface area contributed by atoms with Gasteiger partial charge < -0.3 is 0 Å². The predicted molar refractivity (Wildman–Crippen MR) is 62.9 cm³/mol. The Bertz CT molecular complexity index is 564. The van der Waals surface area contributed by atoms with Gasteiger partial charge in [-0.15, -0.1) is 0 Å². The summed E-state index contributed by atoms with van der Waals surface area (Å²) in [5.41, 5.74) is 2.14. The summed E-state index contributed by atoms with van der Waals surface area (Å²) in [4.78, 5) is 10.8. The van der Waals surface area contributed by atoms with Crippen LogP contribution in [0.2, 0.25) is 0 Å². The van der Waals surface area contributed by atoms with Gasteiger partial charge in [0.05, 0.1) is 6.21 Å². The Balaban J connectivity index is 2.81. The molecule has 10 heteroatoms. The molecule has 0 atom stereocenters. The zero-order chi connectivity index (χ0) is 17.2. The van der Waals surface area contributed by atoms with E-state index >= 15 is 0 Å². The zero-order valence-corrected chi connectivity index (χ0v) is 10.9. The predicted octanol–water partition coefficient (Wildman–Crippen LogP) is 3.28. The van der Waals surface area contributed by atoms with Crippen LogP contribution >= 0.6 is 0 Å². The van der Waals surface area contributed by atoms with Crippen molar-refractivity contribution in [1.82, 2.24) is 5.43 Å². The third-order valence-corrected chi connectivity index (χ3v) is 2.49. The number of hydrazone groups is 1. The van der Waals surface area contributed by atoms with Gasteiger partial charge in [0.25, 0.3) is 0 Å². The van der Waals surface area contributed by atoms with Crippen molar-refractivity contribution >= 4 is 12.1 Å². The van der Waals surface area contributed by atoms with Gasteiger partial charge in [-0.25, -0.2) is 5.43 Å². The molecule has 0 saturated carbocycles. The fourth-order valence-corrected chi connectivity index (χ4v) is 1.21. The van der Waals surface area contributed by atoms with Crippen molar-refractivity contribution in [3.05, 3.63) is 35.4 Å². The Kier molecular flexibility index (Phi) is 4.83. The highest BCUT2D eigenvalue weighted by Crippen LogP contribution is 2.46. The van der Waals surface area contributed by atoms with Crippen LogP contribution in [0.4, 0.5) is 30.7 Å². The molecule has 1 rings (SSSR count). The maximum absolute atomic E-state index is 12.9. The summed E-state index contributed by atoms with van der Waals surface area (Å²) in [5, 5.41) is 2.93. The number of hydrogen-bond donors (Lipinski definition) is 1. The van der Waals surface area contributed by atoms with Crippen molar-refractivity contribution in [3.63, 3.8) is 0 Å². The number of alkyl halides is 7. The zero-order valence-electron chi connectivity index (χ0n) is 10.9. The molecule has 1 N–H and O–H groups in total. The van der Waals surface area contributed by atoms with Gasteiger partial charge in [0.2, 0.25) is 0 Å². The molecular weight excluding hydrogens is 321 g/mol. The minimum atomic E-state index is -6.57. The molecule has 0 aliphatic heterocycles. The van der Waals surface area contributed by atoms with Crippen LogP contribution in [0.1, 0.15) is 11.1 Å². The molecule has 1 aromatic rings. The van der Waals surface area contributed by atoms with E-state index < -0.39 is 23.9 Å². The van der Waals surface area contributed by atoms with Gasteiger partial charge in [0, 0.05) is 0 Å². The van der Waals surface area contributed by atoms with Gasteiger partial charge in [-0.2, -0.15) is 35.8 Å². The minimum Gasteiger partial charge on any atom is -0.266 e. The van der Waals surface area contributed by atoms with Gasteiger partial charge in [-0.1, -0.05) is 29.8 Å². The average Bonchev–Trinajstić information content (AvgIpc) is 2.39. The van der Waals surface area contributed by atoms with E-state index in [1.54, 1.807) is 19.1 Å². The molecule has 0 aromatic heterocycles. The Hall–Kier alpha value is -2.13. The number of nitrogens with one attached hydrogen (secondary N) is 1. The summed E-state index contributed by atoms with van der Waals surface area (Å²) in [6, 6.07) is 6.14. The first-order chi connectivity index (χ1) is 9.89. The summed E-state index contributed by atoms with van der Waals surface area (Å²) >= 11 is 0. The van der Waals surface area contributed by atoms with E-state index in [-0.39, 0.29) is 0 Å². The molecule has 0 heterocycles. The summed E-state index contributed by atoms with van der Waals surface area (Å²) in [6.45, 7) is 1.75. The molecule has 0 aliphatic carbocycles. The van der Waals surface area contributed by atoms with Gasteiger partial charge in [0.1, 0.15) is 0 Å². The maximum atomic E-state index is 12.9. The van der Waals surface area contributed by atoms with E-state index in [9.17, 15) is 35.5 Å². The molecule has 3 nitrogen and oxygen atoms in total. The van der Waals surface area contributed by atoms with Crippen LogP contribution < -0.4 is 5.43 Å². The lowest BCUT2D eigenvalue weighted by Crippen LogP contribution is -2.58. The van der Waals surface area contributed by atoms with Crippen LogP contribution in [0, 0.1) is 6.92 Å². The second-order valence-electron chi connectivity index (χ2n) is 4.26. The van der Waals surface area contributed by atoms with E-state index in [1.165, 1.54) is 12.1 Å². The van der Waals surface area contributed by atoms with Crippen molar-refractivity contribution < 1.29 is 35.5 Å². The average molecular weight is 330 g/mol. The SMILES string of the molecule is Cc1ccc(/C=N\NC(=O)C(F)(F)C(F)(F)C(F)(F)F)cc1. The van der Waals surface area contributed by atoms with Crippen molar-refractivity contribution in [1.29, 1.82) is 0 Å². The molecule has 0 aliphatic rings.